The Morgan fingerprint density at radius 3 is 2.74 bits per heavy atom. The van der Waals surface area contributed by atoms with Gasteiger partial charge in [0.25, 0.3) is 0 Å². The Kier molecular flexibility index (Phi) is 5.44. The van der Waals surface area contributed by atoms with E-state index in [0.29, 0.717) is 11.9 Å². The molecule has 0 radical (unpaired) electrons. The fourth-order valence-corrected chi connectivity index (χ4v) is 5.92. The molecule has 0 amide bonds. The number of thiophene rings is 1. The number of hydrogen-bond donors (Lipinski definition) is 2. The summed E-state index contributed by atoms with van der Waals surface area (Å²) in [6.45, 7) is 11.9. The van der Waals surface area contributed by atoms with E-state index in [1.54, 1.807) is 6.08 Å². The van der Waals surface area contributed by atoms with Crippen molar-refractivity contribution in [1.29, 1.82) is 0 Å². The molecule has 34 heavy (non-hydrogen) atoms. The Morgan fingerprint density at radius 1 is 1.06 bits per heavy atom. The Bertz CT molecular complexity index is 1390. The van der Waals surface area contributed by atoms with Gasteiger partial charge in [-0.2, -0.15) is 0 Å². The monoisotopic (exact) mass is 471 g/mol. The zero-order valence-electron chi connectivity index (χ0n) is 19.6. The van der Waals surface area contributed by atoms with Crippen molar-refractivity contribution in [2.75, 3.05) is 50.0 Å². The highest BCUT2D eigenvalue weighted by Gasteiger charge is 2.20. The van der Waals surface area contributed by atoms with Crippen molar-refractivity contribution in [3.8, 4) is 11.4 Å². The van der Waals surface area contributed by atoms with Gasteiger partial charge >= 0.3 is 0 Å². The quantitative estimate of drug-likeness (QED) is 0.464. The average molecular weight is 472 g/mol. The number of aromatic nitrogens is 3. The summed E-state index contributed by atoms with van der Waals surface area (Å²) in [6, 6.07) is 11.1. The van der Waals surface area contributed by atoms with Gasteiger partial charge in [0.1, 0.15) is 5.82 Å². The third-order valence-electron chi connectivity index (χ3n) is 6.79. The molecule has 0 spiro atoms. The number of pyridine rings is 1. The lowest BCUT2D eigenvalue weighted by atomic mass is 10.1. The second kappa shape index (κ2) is 8.61. The van der Waals surface area contributed by atoms with E-state index in [1.807, 2.05) is 11.3 Å². The summed E-state index contributed by atoms with van der Waals surface area (Å²) in [6.07, 6.45) is 1.72. The predicted octanol–water partition coefficient (Wildman–Crippen LogP) is 4.20. The third kappa shape index (κ3) is 3.81. The van der Waals surface area contributed by atoms with Crippen molar-refractivity contribution in [2.45, 2.75) is 19.5 Å². The van der Waals surface area contributed by atoms with Gasteiger partial charge in [-0.3, -0.25) is 0 Å². The van der Waals surface area contributed by atoms with Crippen LogP contribution in [0.25, 0.3) is 38.5 Å². The first-order valence-corrected chi connectivity index (χ1v) is 12.7. The number of nitrogens with one attached hydrogen (secondary N) is 2. The van der Waals surface area contributed by atoms with Gasteiger partial charge in [0, 0.05) is 71.7 Å². The second-order valence-electron chi connectivity index (χ2n) is 9.23. The van der Waals surface area contributed by atoms with Crippen LogP contribution < -0.4 is 15.5 Å². The minimum atomic E-state index is 0.445. The Balaban J connectivity index is 1.43. The van der Waals surface area contributed by atoms with Crippen molar-refractivity contribution < 1.29 is 0 Å². The van der Waals surface area contributed by atoms with Crippen LogP contribution in [0, 0.1) is 0 Å². The molecule has 0 saturated carbocycles. The molecule has 1 saturated heterocycles. The van der Waals surface area contributed by atoms with Crippen LogP contribution in [0.3, 0.4) is 0 Å². The first kappa shape index (κ1) is 21.5. The van der Waals surface area contributed by atoms with Crippen LogP contribution in [-0.4, -0.2) is 65.7 Å². The van der Waals surface area contributed by atoms with Gasteiger partial charge < -0.3 is 20.4 Å². The molecule has 0 bridgehead atoms. The SMILES string of the molecule is C=Cc1nc(-c2ccc3c(ccc4sc5c(c43)NC[C@@H](C)NC5)n2)cc(N2CCN(C)CC2)n1. The molecule has 8 heteroatoms. The summed E-state index contributed by atoms with van der Waals surface area (Å²) in [7, 11) is 2.16. The lowest BCUT2D eigenvalue weighted by Gasteiger charge is -2.33. The van der Waals surface area contributed by atoms with E-state index in [-0.39, 0.29) is 0 Å². The number of nitrogens with zero attached hydrogens (tertiary/aromatic N) is 5. The van der Waals surface area contributed by atoms with E-state index in [4.69, 9.17) is 15.0 Å². The molecule has 7 nitrogen and oxygen atoms in total. The van der Waals surface area contributed by atoms with Crippen LogP contribution in [0.2, 0.25) is 0 Å². The molecule has 2 aliphatic rings. The van der Waals surface area contributed by atoms with Crippen LogP contribution in [0.4, 0.5) is 11.5 Å². The molecule has 1 fully saturated rings. The van der Waals surface area contributed by atoms with E-state index in [9.17, 15) is 0 Å². The van der Waals surface area contributed by atoms with Crippen LogP contribution in [0.5, 0.6) is 0 Å². The molecule has 2 N–H and O–H groups in total. The lowest BCUT2D eigenvalue weighted by Crippen LogP contribution is -2.44. The largest absolute Gasteiger partial charge is 0.382 e. The number of hydrogen-bond acceptors (Lipinski definition) is 8. The van der Waals surface area contributed by atoms with Crippen LogP contribution in [-0.2, 0) is 6.54 Å². The van der Waals surface area contributed by atoms with Crippen LogP contribution in [0.15, 0.2) is 36.9 Å². The predicted molar refractivity (Wildman–Crippen MR) is 143 cm³/mol. The van der Waals surface area contributed by atoms with Gasteiger partial charge in [0.15, 0.2) is 5.82 Å². The molecule has 1 aromatic carbocycles. The molecular formula is C26H29N7S. The standard InChI is InChI=1S/C26H29N7S/c1-4-23-30-20(13-24(31-23)33-11-9-32(3)10-12-33)19-6-5-17-18(29-19)7-8-21-25(17)26-22(34-21)15-27-16(2)14-28-26/h4-8,13,16,27-28H,1,9-12,14-15H2,2-3H3/t16-/m1/s1. The summed E-state index contributed by atoms with van der Waals surface area (Å²) in [5, 5.41) is 9.72. The highest BCUT2D eigenvalue weighted by atomic mass is 32.1. The minimum Gasteiger partial charge on any atom is -0.382 e. The number of rotatable bonds is 3. The molecule has 4 aromatic rings. The topological polar surface area (TPSA) is 69.2 Å². The number of likely N-dealkylation sites (N-methyl/N-ethyl adjacent to an activating group) is 1. The molecule has 0 unspecified atom stereocenters. The van der Waals surface area contributed by atoms with Gasteiger partial charge in [-0.1, -0.05) is 6.58 Å². The van der Waals surface area contributed by atoms with E-state index in [2.05, 4.69) is 71.3 Å². The summed E-state index contributed by atoms with van der Waals surface area (Å²) in [4.78, 5) is 20.5. The van der Waals surface area contributed by atoms with Crippen molar-refractivity contribution in [2.24, 2.45) is 0 Å². The van der Waals surface area contributed by atoms with Crippen molar-refractivity contribution >= 4 is 49.9 Å². The minimum absolute atomic E-state index is 0.445. The summed E-state index contributed by atoms with van der Waals surface area (Å²) in [5.74, 6) is 1.58. The van der Waals surface area contributed by atoms with Crippen LogP contribution >= 0.6 is 11.3 Å². The molecule has 2 aliphatic heterocycles. The fraction of sp³-hybridized carbons (Fsp3) is 0.346. The first-order chi connectivity index (χ1) is 16.6. The van der Waals surface area contributed by atoms with Crippen molar-refractivity contribution in [3.63, 3.8) is 0 Å². The first-order valence-electron chi connectivity index (χ1n) is 11.9. The van der Waals surface area contributed by atoms with Gasteiger partial charge in [-0.05, 0) is 44.3 Å². The Hall–Kier alpha value is -3.07. The van der Waals surface area contributed by atoms with E-state index in [0.717, 1.165) is 62.0 Å². The molecule has 174 valence electrons. The Morgan fingerprint density at radius 2 is 1.91 bits per heavy atom. The van der Waals surface area contributed by atoms with Crippen molar-refractivity contribution in [3.05, 3.63) is 47.6 Å². The van der Waals surface area contributed by atoms with Gasteiger partial charge in [-0.25, -0.2) is 15.0 Å². The second-order valence-corrected chi connectivity index (χ2v) is 10.4. The molecule has 1 atom stereocenters. The highest BCUT2D eigenvalue weighted by Crippen LogP contribution is 2.41. The molecular weight excluding hydrogens is 442 g/mol. The van der Waals surface area contributed by atoms with Crippen LogP contribution in [0.1, 0.15) is 17.6 Å². The number of fused-ring (bicyclic) bond motifs is 5. The highest BCUT2D eigenvalue weighted by molar-refractivity contribution is 7.20. The van der Waals surface area contributed by atoms with E-state index in [1.165, 1.54) is 26.0 Å². The Labute approximate surface area is 203 Å². The zero-order chi connectivity index (χ0) is 23.2. The zero-order valence-corrected chi connectivity index (χ0v) is 20.5. The molecule has 3 aromatic heterocycles. The van der Waals surface area contributed by atoms with Crippen molar-refractivity contribution in [1.82, 2.24) is 25.2 Å². The number of anilines is 2. The molecule has 5 heterocycles. The summed E-state index contributed by atoms with van der Waals surface area (Å²) in [5.41, 5.74) is 3.93. The fourth-order valence-electron chi connectivity index (χ4n) is 4.77. The maximum atomic E-state index is 5.05. The van der Waals surface area contributed by atoms with E-state index >= 15 is 0 Å². The number of benzene rings is 1. The maximum Gasteiger partial charge on any atom is 0.154 e. The number of piperazine rings is 1. The molecule has 0 aliphatic carbocycles. The average Bonchev–Trinajstić information content (AvgIpc) is 3.13. The van der Waals surface area contributed by atoms with Gasteiger partial charge in [0.2, 0.25) is 0 Å². The lowest BCUT2D eigenvalue weighted by molar-refractivity contribution is 0.312. The summed E-state index contributed by atoms with van der Waals surface area (Å²) < 4.78 is 1.30. The van der Waals surface area contributed by atoms with Gasteiger partial charge in [-0.15, -0.1) is 11.3 Å². The maximum absolute atomic E-state index is 5.05. The van der Waals surface area contributed by atoms with E-state index < -0.39 is 0 Å². The smallest absolute Gasteiger partial charge is 0.154 e. The van der Waals surface area contributed by atoms with Gasteiger partial charge in [0.05, 0.1) is 22.6 Å². The molecule has 6 rings (SSSR count). The summed E-state index contributed by atoms with van der Waals surface area (Å²) >= 11 is 1.86. The third-order valence-corrected chi connectivity index (χ3v) is 7.95. The normalized spacial score (nSPS) is 19.1.